The van der Waals surface area contributed by atoms with Gasteiger partial charge in [0.05, 0.1) is 0 Å². The van der Waals surface area contributed by atoms with E-state index in [-0.39, 0.29) is 16.2 Å². The minimum atomic E-state index is 0.186. The molecule has 2 unspecified atom stereocenters. The molecule has 1 nitrogen and oxygen atoms in total. The fraction of sp³-hybridized carbons (Fsp3) is 0.909. The first kappa shape index (κ1) is 20.6. The average Bonchev–Trinajstić information content (AvgIpc) is 2.71. The summed E-state index contributed by atoms with van der Waals surface area (Å²) in [6, 6.07) is 0.504. The lowest BCUT2D eigenvalue weighted by Gasteiger charge is -2.59. The summed E-state index contributed by atoms with van der Waals surface area (Å²) in [7, 11) is 0. The molecule has 0 aliphatic carbocycles. The molecule has 1 saturated heterocycles. The Hall–Kier alpha value is -0.460. The number of hydrogen-bond acceptors (Lipinski definition) is 1. The van der Waals surface area contributed by atoms with Crippen LogP contribution in [0, 0.1) is 27.6 Å². The van der Waals surface area contributed by atoms with Gasteiger partial charge in [0.2, 0.25) is 0 Å². The molecule has 1 aliphatic rings. The van der Waals surface area contributed by atoms with Gasteiger partial charge in [0.1, 0.15) is 0 Å². The Bertz CT molecular complexity index is 428. The monoisotopic (exact) mass is 321 g/mol. The fourth-order valence-corrected chi connectivity index (χ4v) is 5.00. The highest BCUT2D eigenvalue weighted by atomic mass is 15.2. The van der Waals surface area contributed by atoms with E-state index in [1.165, 1.54) is 18.7 Å². The Morgan fingerprint density at radius 1 is 0.826 bits per heavy atom. The molecule has 1 aliphatic heterocycles. The van der Waals surface area contributed by atoms with Crippen LogP contribution in [0.1, 0.15) is 89.0 Å². The van der Waals surface area contributed by atoms with E-state index < -0.39 is 0 Å². The van der Waals surface area contributed by atoms with Crippen LogP contribution in [-0.2, 0) is 0 Å². The van der Waals surface area contributed by atoms with Crippen molar-refractivity contribution < 1.29 is 0 Å². The summed E-state index contributed by atoms with van der Waals surface area (Å²) < 4.78 is 0. The van der Waals surface area contributed by atoms with Gasteiger partial charge in [-0.2, -0.15) is 0 Å². The first-order valence-corrected chi connectivity index (χ1v) is 9.49. The van der Waals surface area contributed by atoms with E-state index in [9.17, 15) is 0 Å². The predicted octanol–water partition coefficient (Wildman–Crippen LogP) is 6.75. The smallest absolute Gasteiger partial charge is 0.0391 e. The molecule has 0 bridgehead atoms. The maximum Gasteiger partial charge on any atom is 0.0391 e. The van der Waals surface area contributed by atoms with Gasteiger partial charge in [0, 0.05) is 18.3 Å². The molecule has 1 heterocycles. The van der Waals surface area contributed by atoms with Gasteiger partial charge in [-0.3, -0.25) is 0 Å². The lowest BCUT2D eigenvalue weighted by Crippen LogP contribution is -2.59. The summed E-state index contributed by atoms with van der Waals surface area (Å²) in [6.45, 7) is 32.3. The third-order valence-corrected chi connectivity index (χ3v) is 7.13. The molecular formula is C22H43N. The zero-order chi connectivity index (χ0) is 18.4. The van der Waals surface area contributed by atoms with E-state index in [0.717, 1.165) is 6.42 Å². The molecule has 0 aromatic heterocycles. The van der Waals surface area contributed by atoms with Crippen molar-refractivity contribution in [3.05, 3.63) is 12.3 Å². The molecule has 0 aromatic rings. The average molecular weight is 322 g/mol. The zero-order valence-electron chi connectivity index (χ0n) is 17.9. The number of rotatable bonds is 4. The summed E-state index contributed by atoms with van der Waals surface area (Å²) in [5.41, 5.74) is 2.30. The first-order chi connectivity index (χ1) is 10.0. The molecule has 2 atom stereocenters. The minimum absolute atomic E-state index is 0.186. The van der Waals surface area contributed by atoms with Crippen molar-refractivity contribution in [3.8, 4) is 0 Å². The van der Waals surface area contributed by atoms with Gasteiger partial charge in [-0.15, -0.1) is 0 Å². The minimum Gasteiger partial charge on any atom is -0.371 e. The number of allylic oxidation sites excluding steroid dienone is 1. The van der Waals surface area contributed by atoms with Crippen molar-refractivity contribution in [2.75, 3.05) is 6.54 Å². The molecule has 1 heteroatoms. The molecule has 0 aromatic carbocycles. The van der Waals surface area contributed by atoms with Crippen LogP contribution in [0.2, 0.25) is 0 Å². The van der Waals surface area contributed by atoms with Crippen LogP contribution in [-0.4, -0.2) is 17.5 Å². The third kappa shape index (κ3) is 3.80. The highest BCUT2D eigenvalue weighted by Gasteiger charge is 2.54. The van der Waals surface area contributed by atoms with E-state index in [0.29, 0.717) is 17.4 Å². The molecule has 0 amide bonds. The molecule has 1 rings (SSSR count). The maximum atomic E-state index is 4.39. The van der Waals surface area contributed by atoms with Gasteiger partial charge in [0.25, 0.3) is 0 Å². The Morgan fingerprint density at radius 3 is 1.61 bits per heavy atom. The molecule has 0 saturated carbocycles. The molecule has 0 radical (unpaired) electrons. The van der Waals surface area contributed by atoms with Gasteiger partial charge < -0.3 is 4.90 Å². The zero-order valence-corrected chi connectivity index (χ0v) is 17.9. The van der Waals surface area contributed by atoms with Crippen LogP contribution in [0.15, 0.2) is 12.3 Å². The van der Waals surface area contributed by atoms with Crippen LogP contribution in [0.5, 0.6) is 0 Å². The molecule has 1 fully saturated rings. The van der Waals surface area contributed by atoms with Gasteiger partial charge in [-0.1, -0.05) is 82.7 Å². The lowest BCUT2D eigenvalue weighted by atomic mass is 9.50. The second kappa shape index (κ2) is 6.12. The van der Waals surface area contributed by atoms with E-state index in [4.69, 9.17) is 0 Å². The van der Waals surface area contributed by atoms with Crippen molar-refractivity contribution in [1.29, 1.82) is 0 Å². The van der Waals surface area contributed by atoms with Crippen molar-refractivity contribution >= 4 is 0 Å². The number of likely N-dealkylation sites (tertiary alicyclic amines) is 1. The molecular weight excluding hydrogens is 278 g/mol. The maximum absolute atomic E-state index is 4.39. The Balaban J connectivity index is 3.35. The van der Waals surface area contributed by atoms with Crippen molar-refractivity contribution in [2.24, 2.45) is 27.6 Å². The molecule has 23 heavy (non-hydrogen) atoms. The fourth-order valence-electron chi connectivity index (χ4n) is 5.00. The molecule has 0 spiro atoms. The van der Waals surface area contributed by atoms with E-state index in [2.05, 4.69) is 87.6 Å². The Labute approximate surface area is 146 Å². The highest BCUT2D eigenvalue weighted by molar-refractivity contribution is 5.11. The summed E-state index contributed by atoms with van der Waals surface area (Å²) in [5.74, 6) is 0.630. The van der Waals surface area contributed by atoms with E-state index in [1.54, 1.807) is 0 Å². The van der Waals surface area contributed by atoms with Crippen molar-refractivity contribution in [1.82, 2.24) is 4.90 Å². The van der Waals surface area contributed by atoms with Gasteiger partial charge in [0.15, 0.2) is 0 Å². The second-order valence-corrected chi connectivity index (χ2v) is 11.2. The van der Waals surface area contributed by atoms with Crippen LogP contribution < -0.4 is 0 Å². The standard InChI is InChI=1S/C22H43N/c1-16-14-13-15-23(16)18(20(6,7)8)22(11,12)21(9,10)17(2)19(3,4)5/h17-18H,1,13-15H2,2-12H3. The molecule has 0 N–H and O–H groups in total. The third-order valence-electron chi connectivity index (χ3n) is 7.13. The van der Waals surface area contributed by atoms with Crippen LogP contribution >= 0.6 is 0 Å². The quantitative estimate of drug-likeness (QED) is 0.554. The van der Waals surface area contributed by atoms with Gasteiger partial charge in [-0.25, -0.2) is 0 Å². The summed E-state index contributed by atoms with van der Waals surface area (Å²) >= 11 is 0. The summed E-state index contributed by atoms with van der Waals surface area (Å²) in [5, 5.41) is 0. The van der Waals surface area contributed by atoms with E-state index >= 15 is 0 Å². The second-order valence-electron chi connectivity index (χ2n) is 11.2. The van der Waals surface area contributed by atoms with Crippen molar-refractivity contribution in [2.45, 2.75) is 95.0 Å². The number of nitrogens with zero attached hydrogens (tertiary/aromatic N) is 1. The lowest BCUT2D eigenvalue weighted by molar-refractivity contribution is -0.0877. The normalized spacial score (nSPS) is 20.8. The van der Waals surface area contributed by atoms with Gasteiger partial charge in [-0.05, 0) is 40.4 Å². The van der Waals surface area contributed by atoms with Crippen LogP contribution in [0.25, 0.3) is 0 Å². The van der Waals surface area contributed by atoms with Crippen molar-refractivity contribution in [3.63, 3.8) is 0 Å². The SMILES string of the molecule is C=C1CCCN1C(C(C)(C)C)C(C)(C)C(C)(C)C(C)C(C)(C)C. The largest absolute Gasteiger partial charge is 0.371 e. The van der Waals surface area contributed by atoms with E-state index in [1.807, 2.05) is 0 Å². The van der Waals surface area contributed by atoms with Crippen LogP contribution in [0.3, 0.4) is 0 Å². The molecule has 136 valence electrons. The number of hydrogen-bond donors (Lipinski definition) is 0. The summed E-state index contributed by atoms with van der Waals surface area (Å²) in [4.78, 5) is 2.64. The highest BCUT2D eigenvalue weighted by Crippen LogP contribution is 2.56. The Kier molecular flexibility index (Phi) is 5.48. The predicted molar refractivity (Wildman–Crippen MR) is 105 cm³/mol. The van der Waals surface area contributed by atoms with Crippen LogP contribution in [0.4, 0.5) is 0 Å². The topological polar surface area (TPSA) is 3.24 Å². The first-order valence-electron chi connectivity index (χ1n) is 9.49. The Morgan fingerprint density at radius 2 is 1.30 bits per heavy atom. The van der Waals surface area contributed by atoms with Gasteiger partial charge >= 0.3 is 0 Å². The summed E-state index contributed by atoms with van der Waals surface area (Å²) in [6.07, 6.45) is 2.43.